The zero-order chi connectivity index (χ0) is 11.3. The molecule has 0 amide bonds. The lowest BCUT2D eigenvalue weighted by Crippen LogP contribution is -2.08. The Labute approximate surface area is 94.3 Å². The molecule has 0 aliphatic heterocycles. The van der Waals surface area contributed by atoms with E-state index in [0.717, 1.165) is 23.4 Å². The highest BCUT2D eigenvalue weighted by molar-refractivity contribution is 7.84. The van der Waals surface area contributed by atoms with E-state index >= 15 is 0 Å². The van der Waals surface area contributed by atoms with E-state index in [-0.39, 0.29) is 0 Å². The lowest BCUT2D eigenvalue weighted by Gasteiger charge is -2.08. The minimum Gasteiger partial charge on any atom is -0.399 e. The maximum absolute atomic E-state index is 11.8. The van der Waals surface area contributed by atoms with Crippen LogP contribution in [0.3, 0.4) is 0 Å². The molecule has 1 aromatic rings. The van der Waals surface area contributed by atoms with E-state index in [0.29, 0.717) is 11.7 Å². The van der Waals surface area contributed by atoms with E-state index in [4.69, 9.17) is 5.73 Å². The molecule has 2 nitrogen and oxygen atoms in total. The molecule has 0 saturated carbocycles. The molecule has 0 radical (unpaired) electrons. The molecule has 0 heterocycles. The van der Waals surface area contributed by atoms with Gasteiger partial charge in [0.1, 0.15) is 0 Å². The van der Waals surface area contributed by atoms with E-state index in [1.165, 1.54) is 0 Å². The number of anilines is 1. The Morgan fingerprint density at radius 2 is 2.20 bits per heavy atom. The van der Waals surface area contributed by atoms with Crippen molar-refractivity contribution >= 4 is 16.5 Å². The third-order valence-electron chi connectivity index (χ3n) is 2.45. The Hall–Kier alpha value is -0.830. The zero-order valence-corrected chi connectivity index (χ0v) is 10.2. The summed E-state index contributed by atoms with van der Waals surface area (Å²) >= 11 is 0. The summed E-state index contributed by atoms with van der Waals surface area (Å²) in [5, 5.41) is 0. The van der Waals surface area contributed by atoms with Crippen LogP contribution in [0.5, 0.6) is 0 Å². The quantitative estimate of drug-likeness (QED) is 0.783. The molecule has 2 atom stereocenters. The SMILES string of the molecule is CCC(C)CS(=O)Cc1cccc(N)c1. The number of hydrogen-bond acceptors (Lipinski definition) is 2. The molecule has 0 fully saturated rings. The van der Waals surface area contributed by atoms with Crippen LogP contribution in [0.25, 0.3) is 0 Å². The second-order valence-corrected chi connectivity index (χ2v) is 5.51. The van der Waals surface area contributed by atoms with Crippen molar-refractivity contribution < 1.29 is 4.21 Å². The molecule has 1 aromatic carbocycles. The second-order valence-electron chi connectivity index (χ2n) is 4.01. The van der Waals surface area contributed by atoms with Crippen LogP contribution in [0, 0.1) is 5.92 Å². The maximum atomic E-state index is 11.8. The van der Waals surface area contributed by atoms with Crippen molar-refractivity contribution in [2.24, 2.45) is 5.92 Å². The summed E-state index contributed by atoms with van der Waals surface area (Å²) in [6.07, 6.45) is 1.09. The fourth-order valence-corrected chi connectivity index (χ4v) is 2.90. The van der Waals surface area contributed by atoms with Crippen LogP contribution in [-0.2, 0) is 16.6 Å². The van der Waals surface area contributed by atoms with Crippen LogP contribution in [-0.4, -0.2) is 9.96 Å². The predicted molar refractivity (Wildman–Crippen MR) is 67.0 cm³/mol. The summed E-state index contributed by atoms with van der Waals surface area (Å²) in [5.74, 6) is 1.94. The Bertz CT molecular complexity index is 338. The van der Waals surface area contributed by atoms with Gasteiger partial charge in [0.15, 0.2) is 0 Å². The van der Waals surface area contributed by atoms with Gasteiger partial charge in [0, 0.05) is 28.0 Å². The standard InChI is InChI=1S/C12H19NOS/c1-3-10(2)8-15(14)9-11-5-4-6-12(13)7-11/h4-7,10H,3,8-9,13H2,1-2H3. The van der Waals surface area contributed by atoms with E-state index in [1.54, 1.807) is 0 Å². The van der Waals surface area contributed by atoms with Gasteiger partial charge in [0.05, 0.1) is 0 Å². The average Bonchev–Trinajstić information content (AvgIpc) is 2.17. The first-order chi connectivity index (χ1) is 7.11. The minimum absolute atomic E-state index is 0.534. The van der Waals surface area contributed by atoms with E-state index in [1.807, 2.05) is 24.3 Å². The normalized spacial score (nSPS) is 14.8. The van der Waals surface area contributed by atoms with Crippen LogP contribution in [0.15, 0.2) is 24.3 Å². The van der Waals surface area contributed by atoms with Crippen molar-refractivity contribution in [3.8, 4) is 0 Å². The largest absolute Gasteiger partial charge is 0.399 e. The molecule has 3 heteroatoms. The van der Waals surface area contributed by atoms with E-state index < -0.39 is 10.8 Å². The summed E-state index contributed by atoms with van der Waals surface area (Å²) in [4.78, 5) is 0. The molecular weight excluding hydrogens is 206 g/mol. The summed E-state index contributed by atoms with van der Waals surface area (Å²) in [7, 11) is -0.765. The van der Waals surface area contributed by atoms with Crippen LogP contribution in [0.2, 0.25) is 0 Å². The van der Waals surface area contributed by atoms with Crippen LogP contribution < -0.4 is 5.73 Å². The predicted octanol–water partition coefficient (Wildman–Crippen LogP) is 2.56. The summed E-state index contributed by atoms with van der Waals surface area (Å²) in [6, 6.07) is 7.63. The van der Waals surface area contributed by atoms with E-state index in [2.05, 4.69) is 13.8 Å². The number of nitrogen functional groups attached to an aromatic ring is 1. The summed E-state index contributed by atoms with van der Waals surface area (Å²) < 4.78 is 11.8. The Morgan fingerprint density at radius 1 is 1.47 bits per heavy atom. The fourth-order valence-electron chi connectivity index (χ4n) is 1.36. The van der Waals surface area contributed by atoms with Gasteiger partial charge in [-0.15, -0.1) is 0 Å². The number of rotatable bonds is 5. The topological polar surface area (TPSA) is 43.1 Å². The van der Waals surface area contributed by atoms with Gasteiger partial charge in [0.2, 0.25) is 0 Å². The van der Waals surface area contributed by atoms with Crippen LogP contribution in [0.4, 0.5) is 5.69 Å². The van der Waals surface area contributed by atoms with Gasteiger partial charge in [-0.25, -0.2) is 0 Å². The molecule has 0 spiro atoms. The molecule has 0 aliphatic rings. The molecule has 0 saturated heterocycles. The highest BCUT2D eigenvalue weighted by Crippen LogP contribution is 2.11. The van der Waals surface area contributed by atoms with Gasteiger partial charge in [-0.05, 0) is 23.6 Å². The first-order valence-corrected chi connectivity index (χ1v) is 6.80. The first-order valence-electron chi connectivity index (χ1n) is 5.31. The zero-order valence-electron chi connectivity index (χ0n) is 9.40. The monoisotopic (exact) mass is 225 g/mol. The molecule has 0 aliphatic carbocycles. The first kappa shape index (κ1) is 12.2. The molecule has 1 rings (SSSR count). The molecule has 2 unspecified atom stereocenters. The highest BCUT2D eigenvalue weighted by Gasteiger charge is 2.06. The van der Waals surface area contributed by atoms with Crippen molar-refractivity contribution in [3.05, 3.63) is 29.8 Å². The minimum atomic E-state index is -0.765. The lowest BCUT2D eigenvalue weighted by molar-refractivity contribution is 0.615. The third kappa shape index (κ3) is 4.47. The molecule has 84 valence electrons. The van der Waals surface area contributed by atoms with Gasteiger partial charge in [0.25, 0.3) is 0 Å². The maximum Gasteiger partial charge on any atom is 0.0486 e. The van der Waals surface area contributed by atoms with Crippen molar-refractivity contribution in [2.45, 2.75) is 26.0 Å². The molecule has 2 N–H and O–H groups in total. The average molecular weight is 225 g/mol. The number of hydrogen-bond donors (Lipinski definition) is 1. The van der Waals surface area contributed by atoms with Crippen molar-refractivity contribution in [1.82, 2.24) is 0 Å². The molecular formula is C12H19NOS. The van der Waals surface area contributed by atoms with E-state index in [9.17, 15) is 4.21 Å². The Balaban J connectivity index is 2.51. The smallest absolute Gasteiger partial charge is 0.0486 e. The Kier molecular flexibility index (Phi) is 4.82. The van der Waals surface area contributed by atoms with Crippen LogP contribution in [0.1, 0.15) is 25.8 Å². The van der Waals surface area contributed by atoms with Crippen molar-refractivity contribution in [1.29, 1.82) is 0 Å². The summed E-state index contributed by atoms with van der Waals surface area (Å²) in [5.41, 5.74) is 7.47. The number of benzene rings is 1. The van der Waals surface area contributed by atoms with Gasteiger partial charge in [-0.2, -0.15) is 0 Å². The molecule has 15 heavy (non-hydrogen) atoms. The molecule has 0 bridgehead atoms. The Morgan fingerprint density at radius 3 is 2.80 bits per heavy atom. The van der Waals surface area contributed by atoms with Crippen LogP contribution >= 0.6 is 0 Å². The fraction of sp³-hybridized carbons (Fsp3) is 0.500. The highest BCUT2D eigenvalue weighted by atomic mass is 32.2. The lowest BCUT2D eigenvalue weighted by atomic mass is 10.2. The van der Waals surface area contributed by atoms with Gasteiger partial charge in [-0.1, -0.05) is 32.4 Å². The second kappa shape index (κ2) is 5.91. The summed E-state index contributed by atoms with van der Waals surface area (Å²) in [6.45, 7) is 4.26. The van der Waals surface area contributed by atoms with Gasteiger partial charge >= 0.3 is 0 Å². The van der Waals surface area contributed by atoms with Crippen molar-refractivity contribution in [2.75, 3.05) is 11.5 Å². The number of nitrogens with two attached hydrogens (primary N) is 1. The van der Waals surface area contributed by atoms with Crippen molar-refractivity contribution in [3.63, 3.8) is 0 Å². The third-order valence-corrected chi connectivity index (χ3v) is 4.04. The molecule has 0 aromatic heterocycles. The van der Waals surface area contributed by atoms with Gasteiger partial charge < -0.3 is 5.73 Å². The van der Waals surface area contributed by atoms with Gasteiger partial charge in [-0.3, -0.25) is 4.21 Å².